The molecule has 0 bridgehead atoms. The van der Waals surface area contributed by atoms with Gasteiger partial charge in [-0.2, -0.15) is 0 Å². The van der Waals surface area contributed by atoms with Gasteiger partial charge in [0, 0.05) is 0 Å². The smallest absolute Gasteiger partial charge is 0.0825 e. The van der Waals surface area contributed by atoms with Crippen LogP contribution < -0.4 is 5.73 Å². The lowest BCUT2D eigenvalue weighted by atomic mass is 10.5. The van der Waals surface area contributed by atoms with Gasteiger partial charge >= 0.3 is 0 Å². The van der Waals surface area contributed by atoms with Crippen LogP contribution in [0.2, 0.25) is 0 Å². The molecule has 2 nitrogen and oxygen atoms in total. The molecule has 0 heterocycles. The summed E-state index contributed by atoms with van der Waals surface area (Å²) in [6, 6.07) is 0. The van der Waals surface area contributed by atoms with Crippen LogP contribution in [-0.2, 0) is 4.57 Å². The number of hydrogen-bond acceptors (Lipinski definition) is 2. The molecule has 0 aliphatic rings. The van der Waals surface area contributed by atoms with Crippen LogP contribution in [0.1, 0.15) is 6.92 Å². The predicted molar refractivity (Wildman–Crippen MR) is 36.6 cm³/mol. The van der Waals surface area contributed by atoms with Crippen molar-refractivity contribution in [3.63, 3.8) is 0 Å². The normalized spacial score (nSPS) is 15.0. The van der Waals surface area contributed by atoms with Crippen molar-refractivity contribution in [2.45, 2.75) is 12.6 Å². The average Bonchev–Trinajstić information content (AvgIpc) is 1.65. The van der Waals surface area contributed by atoms with Gasteiger partial charge in [0.15, 0.2) is 0 Å². The van der Waals surface area contributed by atoms with E-state index in [-0.39, 0.29) is 5.66 Å². The van der Waals surface area contributed by atoms with Crippen LogP contribution in [0.3, 0.4) is 0 Å². The molecular weight excluding hydrogens is 129 g/mol. The van der Waals surface area contributed by atoms with E-state index < -0.39 is 8.46 Å². The maximum atomic E-state index is 9.99. The van der Waals surface area contributed by atoms with E-state index in [1.807, 2.05) is 0 Å². The Morgan fingerprint density at radius 3 is 2.43 bits per heavy atom. The third-order valence-electron chi connectivity index (χ3n) is 0.653. The topological polar surface area (TPSA) is 43.1 Å². The van der Waals surface area contributed by atoms with Crippen LogP contribution in [-0.4, -0.2) is 10.6 Å². The molecule has 0 aromatic carbocycles. The Morgan fingerprint density at radius 2 is 2.43 bits per heavy atom. The van der Waals surface area contributed by atoms with Gasteiger partial charge in [0.25, 0.3) is 0 Å². The largest absolute Gasteiger partial charge is 0.393 e. The lowest BCUT2D eigenvalue weighted by Gasteiger charge is -1.95. The number of thiocarbonyl (C=S) groups is 1. The van der Waals surface area contributed by atoms with Crippen molar-refractivity contribution in [1.29, 1.82) is 0 Å². The summed E-state index contributed by atoms with van der Waals surface area (Å²) in [4.78, 5) is 0.352. The molecule has 0 amide bonds. The molecule has 0 aromatic rings. The zero-order valence-corrected chi connectivity index (χ0v) is 6.02. The van der Waals surface area contributed by atoms with Gasteiger partial charge in [-0.05, 0) is 6.92 Å². The van der Waals surface area contributed by atoms with Gasteiger partial charge in [0.05, 0.1) is 19.1 Å². The molecule has 2 unspecified atom stereocenters. The minimum absolute atomic E-state index is 0.0602. The standard InChI is InChI=1S/C3H8NOPS/c1-2(6-5)3(4)7/h2H,6H2,1H3,(H2,4,7). The Bertz CT molecular complexity index is 94.9. The molecule has 7 heavy (non-hydrogen) atoms. The van der Waals surface area contributed by atoms with E-state index in [2.05, 4.69) is 12.2 Å². The van der Waals surface area contributed by atoms with Gasteiger partial charge in [-0.25, -0.2) is 0 Å². The Labute approximate surface area is 49.3 Å². The molecule has 0 aliphatic heterocycles. The first-order chi connectivity index (χ1) is 3.18. The quantitative estimate of drug-likeness (QED) is 0.443. The Kier molecular flexibility index (Phi) is 3.22. The highest BCUT2D eigenvalue weighted by molar-refractivity contribution is 7.80. The van der Waals surface area contributed by atoms with Gasteiger partial charge < -0.3 is 10.3 Å². The van der Waals surface area contributed by atoms with Crippen LogP contribution in [0.5, 0.6) is 0 Å². The lowest BCUT2D eigenvalue weighted by molar-refractivity contribution is 0.597. The fourth-order valence-corrected chi connectivity index (χ4v) is 0.368. The minimum Gasteiger partial charge on any atom is -0.393 e. The van der Waals surface area contributed by atoms with Gasteiger partial charge in [0.2, 0.25) is 0 Å². The van der Waals surface area contributed by atoms with Crippen molar-refractivity contribution in [3.8, 4) is 0 Å². The molecule has 0 saturated heterocycles. The molecule has 0 fully saturated rings. The zero-order valence-electron chi connectivity index (χ0n) is 4.05. The second kappa shape index (κ2) is 3.16. The third-order valence-corrected chi connectivity index (χ3v) is 2.03. The molecule has 2 N–H and O–H groups in total. The highest BCUT2D eigenvalue weighted by Crippen LogP contribution is 2.03. The van der Waals surface area contributed by atoms with E-state index in [1.165, 1.54) is 0 Å². The fraction of sp³-hybridized carbons (Fsp3) is 0.667. The van der Waals surface area contributed by atoms with Crippen LogP contribution in [0.25, 0.3) is 0 Å². The summed E-state index contributed by atoms with van der Waals surface area (Å²) in [6.45, 7) is 1.75. The number of hydrogen-bond donors (Lipinski definition) is 1. The lowest BCUT2D eigenvalue weighted by Crippen LogP contribution is -2.17. The summed E-state index contributed by atoms with van der Waals surface area (Å²) in [5.41, 5.74) is 5.04. The molecule has 0 radical (unpaired) electrons. The SMILES string of the molecule is CC([PH2]=O)C(N)=S. The van der Waals surface area contributed by atoms with Crippen molar-refractivity contribution in [2.75, 3.05) is 0 Å². The summed E-state index contributed by atoms with van der Waals surface area (Å²) < 4.78 is 9.99. The van der Waals surface area contributed by atoms with Gasteiger partial charge in [0.1, 0.15) is 0 Å². The average molecular weight is 137 g/mol. The van der Waals surface area contributed by atoms with Crippen LogP contribution in [0.4, 0.5) is 0 Å². The molecule has 2 atom stereocenters. The molecule has 0 aromatic heterocycles. The van der Waals surface area contributed by atoms with E-state index >= 15 is 0 Å². The van der Waals surface area contributed by atoms with E-state index in [9.17, 15) is 4.57 Å². The second-order valence-electron chi connectivity index (χ2n) is 1.33. The fourth-order valence-electron chi connectivity index (χ4n) is 0.0671. The first kappa shape index (κ1) is 7.12. The highest BCUT2D eigenvalue weighted by atomic mass is 32.1. The van der Waals surface area contributed by atoms with Crippen LogP contribution in [0, 0.1) is 0 Å². The van der Waals surface area contributed by atoms with Gasteiger partial charge in [-0.15, -0.1) is 0 Å². The summed E-state index contributed by atoms with van der Waals surface area (Å²) in [6.07, 6.45) is 0. The third kappa shape index (κ3) is 2.77. The molecule has 4 heteroatoms. The van der Waals surface area contributed by atoms with Crippen molar-refractivity contribution >= 4 is 25.7 Å². The van der Waals surface area contributed by atoms with E-state index in [0.717, 1.165) is 0 Å². The highest BCUT2D eigenvalue weighted by Gasteiger charge is 1.97. The maximum Gasteiger partial charge on any atom is 0.0825 e. The van der Waals surface area contributed by atoms with Gasteiger partial charge in [-0.3, -0.25) is 0 Å². The minimum atomic E-state index is -0.815. The van der Waals surface area contributed by atoms with Crippen molar-refractivity contribution in [3.05, 3.63) is 0 Å². The van der Waals surface area contributed by atoms with Crippen molar-refractivity contribution in [1.82, 2.24) is 0 Å². The maximum absolute atomic E-state index is 9.99. The van der Waals surface area contributed by atoms with E-state index in [0.29, 0.717) is 4.99 Å². The summed E-state index contributed by atoms with van der Waals surface area (Å²) in [5.74, 6) is 0. The van der Waals surface area contributed by atoms with Crippen LogP contribution in [0.15, 0.2) is 0 Å². The van der Waals surface area contributed by atoms with Crippen molar-refractivity contribution in [2.24, 2.45) is 5.73 Å². The van der Waals surface area contributed by atoms with Crippen molar-refractivity contribution < 1.29 is 4.57 Å². The molecule has 0 rings (SSSR count). The van der Waals surface area contributed by atoms with E-state index in [4.69, 9.17) is 5.73 Å². The number of nitrogens with two attached hydrogens (primary N) is 1. The Hall–Kier alpha value is 0.120. The summed E-state index contributed by atoms with van der Waals surface area (Å²) in [7, 11) is -0.815. The zero-order chi connectivity index (χ0) is 5.86. The number of rotatable bonds is 2. The summed E-state index contributed by atoms with van der Waals surface area (Å²) >= 11 is 4.52. The first-order valence-electron chi connectivity index (χ1n) is 1.93. The molecule has 42 valence electrons. The molecule has 0 spiro atoms. The van der Waals surface area contributed by atoms with E-state index in [1.54, 1.807) is 6.92 Å². The van der Waals surface area contributed by atoms with Gasteiger partial charge in [-0.1, -0.05) is 12.2 Å². The first-order valence-corrected chi connectivity index (χ1v) is 3.47. The summed E-state index contributed by atoms with van der Waals surface area (Å²) in [5, 5.41) is 0. The Morgan fingerprint density at radius 1 is 2.00 bits per heavy atom. The predicted octanol–water partition coefficient (Wildman–Crippen LogP) is 0.417. The Balaban J connectivity index is 3.55. The molecular formula is C3H8NOPS. The van der Waals surface area contributed by atoms with Crippen LogP contribution >= 0.6 is 20.7 Å². The monoisotopic (exact) mass is 137 g/mol. The molecule has 0 saturated carbocycles. The molecule has 0 aliphatic carbocycles. The second-order valence-corrected chi connectivity index (χ2v) is 3.07.